The van der Waals surface area contributed by atoms with Gasteiger partial charge >= 0.3 is 35.4 Å². The Morgan fingerprint density at radius 3 is 2.00 bits per heavy atom. The molecular weight excluding hydrogens is 562 g/mol. The summed E-state index contributed by atoms with van der Waals surface area (Å²) in [5.41, 5.74) is -2.81. The molecule has 0 aliphatic heterocycles. The maximum atomic E-state index is 13.5. The first kappa shape index (κ1) is 30.0. The Labute approximate surface area is 196 Å². The van der Waals surface area contributed by atoms with Crippen molar-refractivity contribution in [3.05, 3.63) is 29.3 Å². The molecule has 0 aliphatic carbocycles. The smallest absolute Gasteiger partial charge is 0.443 e. The van der Waals surface area contributed by atoms with Crippen molar-refractivity contribution in [2.75, 3.05) is 0 Å². The summed E-state index contributed by atoms with van der Waals surface area (Å²) in [4.78, 5) is 24.4. The molecule has 0 saturated heterocycles. The maximum Gasteiger partial charge on any atom is 0.443 e. The molecule has 34 heavy (non-hydrogen) atoms. The van der Waals surface area contributed by atoms with Gasteiger partial charge in [0.15, 0.2) is 0 Å². The van der Waals surface area contributed by atoms with E-state index in [9.17, 15) is 52.7 Å². The second kappa shape index (κ2) is 9.93. The first-order valence-electron chi connectivity index (χ1n) is 8.13. The van der Waals surface area contributed by atoms with Gasteiger partial charge in [0.05, 0.1) is 5.56 Å². The van der Waals surface area contributed by atoms with Gasteiger partial charge in [-0.3, -0.25) is 18.3 Å². The van der Waals surface area contributed by atoms with Gasteiger partial charge in [-0.15, -0.1) is 0 Å². The highest BCUT2D eigenvalue weighted by Crippen LogP contribution is 2.33. The maximum absolute atomic E-state index is 13.5. The summed E-state index contributed by atoms with van der Waals surface area (Å²) in [6.07, 6.45) is 0. The lowest BCUT2D eigenvalue weighted by molar-refractivity contribution is 0.00690. The molecular formula is C14H14F4NO11S4-. The number of halogens is 4. The summed E-state index contributed by atoms with van der Waals surface area (Å²) >= 11 is -5.62. The fourth-order valence-corrected chi connectivity index (χ4v) is 3.80. The van der Waals surface area contributed by atoms with Crippen molar-refractivity contribution < 1.29 is 66.2 Å². The molecule has 194 valence electrons. The second-order valence-electron chi connectivity index (χ2n) is 6.96. The average Bonchev–Trinajstić information content (AvgIpc) is 2.62. The van der Waals surface area contributed by atoms with Gasteiger partial charge in [0.2, 0.25) is 0 Å². The molecule has 0 fully saturated rings. The van der Waals surface area contributed by atoms with E-state index in [1.807, 2.05) is 0 Å². The van der Waals surface area contributed by atoms with Gasteiger partial charge in [-0.05, 0) is 39.0 Å². The number of benzene rings is 1. The Morgan fingerprint density at radius 1 is 1.06 bits per heavy atom. The van der Waals surface area contributed by atoms with Gasteiger partial charge in [-0.25, -0.2) is 4.79 Å². The highest BCUT2D eigenvalue weighted by atomic mass is 32.3. The normalized spacial score (nSPS) is 14.3. The Hall–Kier alpha value is -2.00. The van der Waals surface area contributed by atoms with Crippen LogP contribution in [0.3, 0.4) is 0 Å². The van der Waals surface area contributed by atoms with Crippen molar-refractivity contribution in [3.63, 3.8) is 0 Å². The third-order valence-electron chi connectivity index (χ3n) is 3.06. The molecule has 1 aromatic rings. The molecule has 0 saturated carbocycles. The van der Waals surface area contributed by atoms with E-state index in [1.54, 1.807) is 0 Å². The van der Waals surface area contributed by atoms with Crippen molar-refractivity contribution >= 4 is 55.1 Å². The SMILES string of the molecule is CC(C)(C)OC(=O)c1cc(OS(=O)(=O)C(F)(F)S(=O)[O-])cc(C(=O)NSC(F)(F)S(=O)(=O)O)c1. The number of carbonyl (C=O) groups excluding carboxylic acids is 2. The second-order valence-corrected chi connectivity index (χ2v) is 12.4. The lowest BCUT2D eigenvalue weighted by Crippen LogP contribution is -2.37. The number of nitrogens with one attached hydrogen (secondary N) is 1. The summed E-state index contributed by atoms with van der Waals surface area (Å²) in [5.74, 6) is -4.15. The largest absolute Gasteiger partial charge is 0.767 e. The standard InChI is InChI=1S/C14H15F4NO11S4/c1-12(2,3)29-11(21)8-4-7(10(20)19-31-13(15,16)33(24,25)26)5-9(6-8)30-34(27,28)14(17,18)32(22)23/h4-6H,1-3H3,(H,19,20)(H,22,23)(H,24,25,26)/p-1. The molecule has 1 rings (SSSR count). The quantitative estimate of drug-likeness (QED) is 0.108. The van der Waals surface area contributed by atoms with Gasteiger partial charge in [-0.1, -0.05) is 0 Å². The monoisotopic (exact) mass is 576 g/mol. The summed E-state index contributed by atoms with van der Waals surface area (Å²) in [6.45, 7) is 4.17. The number of amides is 1. The van der Waals surface area contributed by atoms with E-state index in [4.69, 9.17) is 9.29 Å². The van der Waals surface area contributed by atoms with Crippen LogP contribution in [0.4, 0.5) is 17.6 Å². The van der Waals surface area contributed by atoms with E-state index in [0.717, 1.165) is 0 Å². The minimum Gasteiger partial charge on any atom is -0.767 e. The van der Waals surface area contributed by atoms with Crippen LogP contribution in [0.5, 0.6) is 5.75 Å². The Morgan fingerprint density at radius 2 is 1.56 bits per heavy atom. The third-order valence-corrected chi connectivity index (χ3v) is 7.47. The molecule has 1 amide bonds. The molecule has 2 N–H and O–H groups in total. The number of carbonyl (C=O) groups is 2. The van der Waals surface area contributed by atoms with Gasteiger partial charge in [0.25, 0.3) is 5.91 Å². The topological polar surface area (TPSA) is 193 Å². The molecule has 0 radical (unpaired) electrons. The van der Waals surface area contributed by atoms with E-state index in [-0.39, 0.29) is 0 Å². The van der Waals surface area contributed by atoms with Crippen LogP contribution in [0, 0.1) is 0 Å². The molecule has 0 heterocycles. The van der Waals surface area contributed by atoms with E-state index in [0.29, 0.717) is 18.2 Å². The van der Waals surface area contributed by atoms with Crippen molar-refractivity contribution in [2.24, 2.45) is 0 Å². The Kier molecular flexibility index (Phi) is 8.77. The minimum absolute atomic E-state index is 0.330. The molecule has 0 aromatic heterocycles. The minimum atomic E-state index is -6.25. The van der Waals surface area contributed by atoms with Crippen molar-refractivity contribution in [2.45, 2.75) is 35.5 Å². The zero-order valence-corrected chi connectivity index (χ0v) is 20.2. The number of rotatable bonds is 9. The van der Waals surface area contributed by atoms with Gasteiger partial charge in [0, 0.05) is 28.6 Å². The van der Waals surface area contributed by atoms with Crippen molar-refractivity contribution in [1.82, 2.24) is 4.72 Å². The van der Waals surface area contributed by atoms with Gasteiger partial charge in [-0.2, -0.15) is 34.4 Å². The lowest BCUT2D eigenvalue weighted by atomic mass is 10.1. The van der Waals surface area contributed by atoms with Crippen LogP contribution in [-0.2, 0) is 36.1 Å². The van der Waals surface area contributed by atoms with E-state index >= 15 is 0 Å². The number of ether oxygens (including phenoxy) is 1. The summed E-state index contributed by atoms with van der Waals surface area (Å²) in [7, 11) is -12.2. The van der Waals surface area contributed by atoms with Crippen LogP contribution < -0.4 is 8.91 Å². The number of hydrogen-bond donors (Lipinski definition) is 2. The van der Waals surface area contributed by atoms with Crippen LogP contribution in [0.25, 0.3) is 0 Å². The van der Waals surface area contributed by atoms with Crippen molar-refractivity contribution in [3.8, 4) is 5.75 Å². The zero-order valence-electron chi connectivity index (χ0n) is 16.9. The Bertz CT molecular complexity index is 1210. The fourth-order valence-electron chi connectivity index (χ4n) is 1.71. The molecule has 0 aliphatic rings. The van der Waals surface area contributed by atoms with E-state index < -0.39 is 86.8 Å². The first-order valence-corrected chi connectivity index (χ1v) is 12.9. The number of alkyl halides is 4. The molecule has 20 heteroatoms. The molecule has 12 nitrogen and oxygen atoms in total. The van der Waals surface area contributed by atoms with Crippen molar-refractivity contribution in [1.29, 1.82) is 0 Å². The molecule has 1 unspecified atom stereocenters. The van der Waals surface area contributed by atoms with E-state index in [1.165, 1.54) is 25.5 Å². The highest BCUT2D eigenvalue weighted by Gasteiger charge is 2.50. The molecule has 0 spiro atoms. The third kappa shape index (κ3) is 7.50. The van der Waals surface area contributed by atoms with Gasteiger partial charge < -0.3 is 13.5 Å². The summed E-state index contributed by atoms with van der Waals surface area (Å²) in [6, 6.07) is 1.40. The predicted octanol–water partition coefficient (Wildman–Crippen LogP) is 1.60. The molecule has 0 bridgehead atoms. The molecule has 1 aromatic carbocycles. The van der Waals surface area contributed by atoms with Crippen LogP contribution in [0.15, 0.2) is 18.2 Å². The van der Waals surface area contributed by atoms with E-state index in [2.05, 4.69) is 4.18 Å². The summed E-state index contributed by atoms with van der Waals surface area (Å²) < 4.78 is 127. The summed E-state index contributed by atoms with van der Waals surface area (Å²) in [5, 5.41) is 0. The lowest BCUT2D eigenvalue weighted by Gasteiger charge is -2.21. The van der Waals surface area contributed by atoms with Crippen LogP contribution >= 0.6 is 11.9 Å². The predicted molar refractivity (Wildman–Crippen MR) is 107 cm³/mol. The van der Waals surface area contributed by atoms with Crippen LogP contribution in [0.2, 0.25) is 0 Å². The van der Waals surface area contributed by atoms with Gasteiger partial charge in [0.1, 0.15) is 11.4 Å². The first-order chi connectivity index (χ1) is 15.0. The number of hydrogen-bond acceptors (Lipinski definition) is 11. The zero-order chi connectivity index (χ0) is 26.9. The Balaban J connectivity index is 3.47. The average molecular weight is 577 g/mol. The fraction of sp³-hybridized carbons (Fsp3) is 0.429. The number of esters is 1. The van der Waals surface area contributed by atoms with Crippen LogP contribution in [-0.4, -0.2) is 56.8 Å². The molecule has 1 atom stereocenters. The highest BCUT2D eigenvalue weighted by molar-refractivity contribution is 8.11. The van der Waals surface area contributed by atoms with Crippen LogP contribution in [0.1, 0.15) is 41.5 Å².